The van der Waals surface area contributed by atoms with E-state index in [0.717, 1.165) is 30.5 Å². The second-order valence-electron chi connectivity index (χ2n) is 6.96. The van der Waals surface area contributed by atoms with Crippen LogP contribution in [0.4, 0.5) is 0 Å². The Hall–Kier alpha value is -2.79. The summed E-state index contributed by atoms with van der Waals surface area (Å²) in [5, 5.41) is 21.7. The Labute approximate surface area is 152 Å². The van der Waals surface area contributed by atoms with Crippen LogP contribution in [0.15, 0.2) is 24.3 Å². The van der Waals surface area contributed by atoms with Gasteiger partial charge in [-0.1, -0.05) is 29.8 Å². The molecule has 1 atom stereocenters. The molecule has 1 aliphatic carbocycles. The minimum absolute atomic E-state index is 0.0421. The van der Waals surface area contributed by atoms with E-state index in [1.807, 2.05) is 31.2 Å². The zero-order valence-corrected chi connectivity index (χ0v) is 14.7. The van der Waals surface area contributed by atoms with Crippen molar-refractivity contribution >= 4 is 5.91 Å². The average molecular weight is 351 g/mol. The molecule has 8 heteroatoms. The van der Waals surface area contributed by atoms with E-state index in [-0.39, 0.29) is 18.5 Å². The van der Waals surface area contributed by atoms with Gasteiger partial charge in [0.1, 0.15) is 12.6 Å². The molecule has 1 aliphatic heterocycles. The van der Waals surface area contributed by atoms with Crippen LogP contribution < -0.4 is 0 Å². The topological polar surface area (TPSA) is 90.9 Å². The number of piperazine rings is 1. The molecule has 2 fully saturated rings. The van der Waals surface area contributed by atoms with Gasteiger partial charge in [0, 0.05) is 31.2 Å². The lowest BCUT2D eigenvalue weighted by molar-refractivity contribution is -0.134. The van der Waals surface area contributed by atoms with Crippen molar-refractivity contribution < 1.29 is 4.79 Å². The van der Waals surface area contributed by atoms with E-state index < -0.39 is 0 Å². The van der Waals surface area contributed by atoms with Crippen LogP contribution in [0.3, 0.4) is 0 Å². The molecule has 2 aromatic rings. The summed E-state index contributed by atoms with van der Waals surface area (Å²) in [7, 11) is 0. The number of benzene rings is 1. The second kappa shape index (κ2) is 6.84. The van der Waals surface area contributed by atoms with Gasteiger partial charge >= 0.3 is 0 Å². The monoisotopic (exact) mass is 351 g/mol. The number of nitriles is 1. The Morgan fingerprint density at radius 1 is 1.27 bits per heavy atom. The number of hydrogen-bond donors (Lipinski definition) is 0. The molecule has 2 heterocycles. The van der Waals surface area contributed by atoms with Gasteiger partial charge in [-0.15, -0.1) is 10.2 Å². The molecular formula is C18H21N7O. The maximum atomic E-state index is 12.6. The maximum absolute atomic E-state index is 12.6. The highest BCUT2D eigenvalue weighted by Gasteiger charge is 2.38. The van der Waals surface area contributed by atoms with Crippen LogP contribution in [0.5, 0.6) is 0 Å². The van der Waals surface area contributed by atoms with E-state index in [1.165, 1.54) is 4.80 Å². The molecule has 1 aromatic carbocycles. The highest BCUT2D eigenvalue weighted by molar-refractivity contribution is 5.76. The lowest BCUT2D eigenvalue weighted by Gasteiger charge is -2.38. The van der Waals surface area contributed by atoms with Crippen LogP contribution in [-0.4, -0.2) is 67.6 Å². The molecule has 1 saturated heterocycles. The van der Waals surface area contributed by atoms with Crippen molar-refractivity contribution in [1.82, 2.24) is 30.0 Å². The number of amides is 1. The zero-order chi connectivity index (χ0) is 18.1. The minimum Gasteiger partial charge on any atom is -0.337 e. The van der Waals surface area contributed by atoms with E-state index in [0.29, 0.717) is 25.0 Å². The fourth-order valence-electron chi connectivity index (χ4n) is 3.33. The van der Waals surface area contributed by atoms with E-state index in [4.69, 9.17) is 0 Å². The molecule has 0 radical (unpaired) electrons. The normalized spacial score (nSPS) is 20.8. The van der Waals surface area contributed by atoms with Gasteiger partial charge < -0.3 is 4.90 Å². The van der Waals surface area contributed by atoms with Gasteiger partial charge in [-0.05, 0) is 25.0 Å². The van der Waals surface area contributed by atoms with Gasteiger partial charge in [-0.2, -0.15) is 10.1 Å². The van der Waals surface area contributed by atoms with Gasteiger partial charge in [-0.25, -0.2) is 0 Å². The Morgan fingerprint density at radius 3 is 2.73 bits per heavy atom. The number of carbonyl (C=O) groups excluding carboxylic acids is 1. The minimum atomic E-state index is -0.216. The number of hydrogen-bond acceptors (Lipinski definition) is 6. The molecule has 1 unspecified atom stereocenters. The van der Waals surface area contributed by atoms with Crippen molar-refractivity contribution in [2.75, 3.05) is 19.6 Å². The summed E-state index contributed by atoms with van der Waals surface area (Å²) in [4.78, 5) is 17.9. The molecule has 0 N–H and O–H groups in total. The van der Waals surface area contributed by atoms with E-state index in [2.05, 4.69) is 26.4 Å². The van der Waals surface area contributed by atoms with Crippen LogP contribution >= 0.6 is 0 Å². The van der Waals surface area contributed by atoms with Crippen molar-refractivity contribution in [2.24, 2.45) is 0 Å². The summed E-state index contributed by atoms with van der Waals surface area (Å²) >= 11 is 0. The van der Waals surface area contributed by atoms with Crippen LogP contribution in [0, 0.1) is 18.3 Å². The SMILES string of the molecule is Cc1ccc(-c2nnn(CC(=O)N3CCN(C4CC4)C(C#N)C3)n2)cc1. The first-order chi connectivity index (χ1) is 12.6. The highest BCUT2D eigenvalue weighted by Crippen LogP contribution is 2.30. The first kappa shape index (κ1) is 16.7. The molecule has 26 heavy (non-hydrogen) atoms. The van der Waals surface area contributed by atoms with Gasteiger partial charge in [0.05, 0.1) is 6.07 Å². The van der Waals surface area contributed by atoms with Crippen molar-refractivity contribution in [3.63, 3.8) is 0 Å². The quantitative estimate of drug-likeness (QED) is 0.811. The summed E-state index contributed by atoms with van der Waals surface area (Å²) in [5.41, 5.74) is 2.03. The number of aryl methyl sites for hydroxylation is 1. The molecule has 1 amide bonds. The van der Waals surface area contributed by atoms with Gasteiger partial charge in [0.15, 0.2) is 0 Å². The van der Waals surface area contributed by atoms with E-state index in [1.54, 1.807) is 4.90 Å². The first-order valence-corrected chi connectivity index (χ1v) is 8.92. The smallest absolute Gasteiger partial charge is 0.246 e. The van der Waals surface area contributed by atoms with Gasteiger partial charge in [0.2, 0.25) is 11.7 Å². The fourth-order valence-corrected chi connectivity index (χ4v) is 3.33. The van der Waals surface area contributed by atoms with Crippen LogP contribution in [-0.2, 0) is 11.3 Å². The molecule has 1 saturated carbocycles. The molecule has 0 spiro atoms. The molecular weight excluding hydrogens is 330 g/mol. The summed E-state index contributed by atoms with van der Waals surface area (Å²) in [6, 6.07) is 10.5. The van der Waals surface area contributed by atoms with Crippen molar-refractivity contribution in [1.29, 1.82) is 5.26 Å². The lowest BCUT2D eigenvalue weighted by atomic mass is 10.1. The average Bonchev–Trinajstić information content (AvgIpc) is 3.41. The number of carbonyl (C=O) groups is 1. The Kier molecular flexibility index (Phi) is 4.39. The second-order valence-corrected chi connectivity index (χ2v) is 6.96. The van der Waals surface area contributed by atoms with Crippen molar-refractivity contribution in [3.05, 3.63) is 29.8 Å². The zero-order valence-electron chi connectivity index (χ0n) is 14.7. The van der Waals surface area contributed by atoms with E-state index >= 15 is 0 Å². The predicted molar refractivity (Wildman–Crippen MR) is 93.7 cm³/mol. The van der Waals surface area contributed by atoms with Crippen LogP contribution in [0.2, 0.25) is 0 Å². The largest absolute Gasteiger partial charge is 0.337 e. The Bertz CT molecular complexity index is 834. The molecule has 8 nitrogen and oxygen atoms in total. The number of tetrazole rings is 1. The fraction of sp³-hybridized carbons (Fsp3) is 0.500. The predicted octanol–water partition coefficient (Wildman–Crippen LogP) is 0.847. The number of nitrogens with zero attached hydrogens (tertiary/aromatic N) is 7. The summed E-state index contributed by atoms with van der Waals surface area (Å²) in [5.74, 6) is 0.430. The van der Waals surface area contributed by atoms with Gasteiger partial charge in [-0.3, -0.25) is 9.69 Å². The standard InChI is InChI=1S/C18H21N7O/c1-13-2-4-14(5-3-13)18-20-22-25(21-18)12-17(26)23-8-9-24(15-6-7-15)16(10-19)11-23/h2-5,15-16H,6-9,11-12H2,1H3. The third-order valence-corrected chi connectivity index (χ3v) is 4.98. The summed E-state index contributed by atoms with van der Waals surface area (Å²) < 4.78 is 0. The summed E-state index contributed by atoms with van der Waals surface area (Å²) in [6.45, 7) is 3.91. The molecule has 134 valence electrons. The molecule has 2 aliphatic rings. The molecule has 4 rings (SSSR count). The number of aromatic nitrogens is 4. The van der Waals surface area contributed by atoms with Gasteiger partial charge in [0.25, 0.3) is 0 Å². The number of rotatable bonds is 4. The lowest BCUT2D eigenvalue weighted by Crippen LogP contribution is -2.55. The maximum Gasteiger partial charge on any atom is 0.246 e. The van der Waals surface area contributed by atoms with Crippen LogP contribution in [0.25, 0.3) is 11.4 Å². The molecule has 1 aromatic heterocycles. The third-order valence-electron chi connectivity index (χ3n) is 4.98. The van der Waals surface area contributed by atoms with Crippen molar-refractivity contribution in [2.45, 2.75) is 38.4 Å². The Balaban J connectivity index is 1.39. The first-order valence-electron chi connectivity index (χ1n) is 8.92. The summed E-state index contributed by atoms with van der Waals surface area (Å²) in [6.07, 6.45) is 2.33. The molecule has 0 bridgehead atoms. The highest BCUT2D eigenvalue weighted by atomic mass is 16.2. The van der Waals surface area contributed by atoms with Crippen LogP contribution in [0.1, 0.15) is 18.4 Å². The van der Waals surface area contributed by atoms with Crippen molar-refractivity contribution in [3.8, 4) is 17.5 Å². The Morgan fingerprint density at radius 2 is 2.04 bits per heavy atom. The third kappa shape index (κ3) is 3.44. The van der Waals surface area contributed by atoms with E-state index in [9.17, 15) is 10.1 Å².